The van der Waals surface area contributed by atoms with Crippen LogP contribution in [0.4, 0.5) is 0 Å². The van der Waals surface area contributed by atoms with E-state index in [0.717, 1.165) is 12.0 Å². The summed E-state index contributed by atoms with van der Waals surface area (Å²) in [6.45, 7) is 0.490. The molecule has 1 fully saturated rings. The zero-order chi connectivity index (χ0) is 14.7. The molecule has 0 aromatic heterocycles. The van der Waals surface area contributed by atoms with Crippen molar-refractivity contribution in [3.63, 3.8) is 0 Å². The van der Waals surface area contributed by atoms with Crippen molar-refractivity contribution >= 4 is 23.5 Å². The van der Waals surface area contributed by atoms with E-state index in [9.17, 15) is 9.59 Å². The Morgan fingerprint density at radius 3 is 2.85 bits per heavy atom. The lowest BCUT2D eigenvalue weighted by atomic mass is 10.1. The fraction of sp³-hybridized carbons (Fsp3) is 0.467. The topological polar surface area (TPSA) is 57.6 Å². The Balaban J connectivity index is 1.84. The quantitative estimate of drug-likeness (QED) is 0.878. The van der Waals surface area contributed by atoms with Gasteiger partial charge in [-0.25, -0.2) is 0 Å². The van der Waals surface area contributed by atoms with E-state index in [4.69, 9.17) is 16.7 Å². The number of amides is 1. The maximum atomic E-state index is 12.2. The minimum Gasteiger partial charge on any atom is -0.481 e. The van der Waals surface area contributed by atoms with Crippen LogP contribution in [-0.2, 0) is 9.59 Å². The molecule has 0 saturated heterocycles. The van der Waals surface area contributed by atoms with E-state index < -0.39 is 5.97 Å². The number of hydrogen-bond donors (Lipinski definition) is 1. The Morgan fingerprint density at radius 1 is 1.45 bits per heavy atom. The first-order valence-electron chi connectivity index (χ1n) is 6.71. The van der Waals surface area contributed by atoms with Crippen molar-refractivity contribution < 1.29 is 14.7 Å². The van der Waals surface area contributed by atoms with Crippen LogP contribution in [0.1, 0.15) is 30.7 Å². The molecule has 20 heavy (non-hydrogen) atoms. The van der Waals surface area contributed by atoms with Crippen LogP contribution in [-0.4, -0.2) is 35.5 Å². The van der Waals surface area contributed by atoms with Crippen LogP contribution in [0.2, 0.25) is 5.02 Å². The summed E-state index contributed by atoms with van der Waals surface area (Å²) in [5, 5.41) is 9.28. The van der Waals surface area contributed by atoms with Gasteiger partial charge in [0.25, 0.3) is 0 Å². The van der Waals surface area contributed by atoms with Crippen LogP contribution in [0, 0.1) is 5.92 Å². The third kappa shape index (κ3) is 3.73. The molecule has 2 unspecified atom stereocenters. The second kappa shape index (κ2) is 6.27. The predicted molar refractivity (Wildman–Crippen MR) is 76.8 cm³/mol. The Bertz CT molecular complexity index is 518. The second-order valence-electron chi connectivity index (χ2n) is 5.26. The van der Waals surface area contributed by atoms with Gasteiger partial charge in [0.1, 0.15) is 0 Å². The van der Waals surface area contributed by atoms with Crippen molar-refractivity contribution in [1.82, 2.24) is 4.90 Å². The zero-order valence-electron chi connectivity index (χ0n) is 11.4. The summed E-state index contributed by atoms with van der Waals surface area (Å²) in [5.41, 5.74) is 1.11. The molecule has 0 radical (unpaired) electrons. The molecular formula is C15H18ClNO3. The maximum absolute atomic E-state index is 12.2. The molecule has 108 valence electrons. The lowest BCUT2D eigenvalue weighted by Gasteiger charge is -2.16. The highest BCUT2D eigenvalue weighted by Gasteiger charge is 2.45. The molecule has 1 aromatic rings. The summed E-state index contributed by atoms with van der Waals surface area (Å²) in [6, 6.07) is 7.62. The number of halogens is 1. The molecule has 1 aliphatic carbocycles. The van der Waals surface area contributed by atoms with Crippen LogP contribution in [0.25, 0.3) is 0 Å². The van der Waals surface area contributed by atoms with Crippen LogP contribution in [0.5, 0.6) is 0 Å². The molecule has 1 aromatic carbocycles. The van der Waals surface area contributed by atoms with Crippen LogP contribution < -0.4 is 0 Å². The van der Waals surface area contributed by atoms with E-state index in [-0.39, 0.29) is 24.2 Å². The van der Waals surface area contributed by atoms with Crippen molar-refractivity contribution in [2.24, 2.45) is 5.92 Å². The van der Waals surface area contributed by atoms with Gasteiger partial charge in [-0.1, -0.05) is 23.7 Å². The highest BCUT2D eigenvalue weighted by molar-refractivity contribution is 6.30. The van der Waals surface area contributed by atoms with Gasteiger partial charge in [-0.3, -0.25) is 9.59 Å². The smallest absolute Gasteiger partial charge is 0.303 e. The number of carboxylic acids is 1. The highest BCUT2D eigenvalue weighted by atomic mass is 35.5. The van der Waals surface area contributed by atoms with Crippen LogP contribution >= 0.6 is 11.6 Å². The molecule has 1 amide bonds. The summed E-state index contributed by atoms with van der Waals surface area (Å²) < 4.78 is 0. The fourth-order valence-corrected chi connectivity index (χ4v) is 2.63. The first kappa shape index (κ1) is 14.9. The van der Waals surface area contributed by atoms with Gasteiger partial charge in [0.15, 0.2) is 0 Å². The van der Waals surface area contributed by atoms with Gasteiger partial charge in [-0.15, -0.1) is 0 Å². The molecule has 1 N–H and O–H groups in total. The Labute approximate surface area is 123 Å². The SMILES string of the molecule is CN(CCCC(=O)O)C(=O)C1CC1c1cccc(Cl)c1. The number of carbonyl (C=O) groups excluding carboxylic acids is 1. The van der Waals surface area contributed by atoms with Crippen molar-refractivity contribution in [1.29, 1.82) is 0 Å². The van der Waals surface area contributed by atoms with Gasteiger partial charge in [-0.05, 0) is 36.5 Å². The molecule has 4 nitrogen and oxygen atoms in total. The van der Waals surface area contributed by atoms with Crippen LogP contribution in [0.3, 0.4) is 0 Å². The number of nitrogens with zero attached hydrogens (tertiary/aromatic N) is 1. The first-order valence-corrected chi connectivity index (χ1v) is 7.09. The summed E-state index contributed by atoms with van der Waals surface area (Å²) in [4.78, 5) is 24.3. The summed E-state index contributed by atoms with van der Waals surface area (Å²) in [5.74, 6) is -0.458. The van der Waals surface area contributed by atoms with Gasteiger partial charge in [0.05, 0.1) is 0 Å². The normalized spacial score (nSPS) is 20.5. The molecule has 0 spiro atoms. The molecule has 0 bridgehead atoms. The minimum absolute atomic E-state index is 0.0169. The largest absolute Gasteiger partial charge is 0.481 e. The van der Waals surface area contributed by atoms with Gasteiger partial charge in [-0.2, -0.15) is 0 Å². The lowest BCUT2D eigenvalue weighted by molar-refractivity contribution is -0.138. The molecule has 2 rings (SSSR count). The van der Waals surface area contributed by atoms with E-state index in [1.54, 1.807) is 11.9 Å². The third-order valence-corrected chi connectivity index (χ3v) is 3.88. The molecule has 1 aliphatic rings. The number of aliphatic carboxylic acids is 1. The van der Waals surface area contributed by atoms with Crippen molar-refractivity contribution in [2.75, 3.05) is 13.6 Å². The zero-order valence-corrected chi connectivity index (χ0v) is 12.1. The van der Waals surface area contributed by atoms with E-state index in [2.05, 4.69) is 0 Å². The summed E-state index contributed by atoms with van der Waals surface area (Å²) in [6.07, 6.45) is 1.44. The molecule has 0 heterocycles. The van der Waals surface area contributed by atoms with Gasteiger partial charge in [0, 0.05) is 31.0 Å². The third-order valence-electron chi connectivity index (χ3n) is 3.64. The minimum atomic E-state index is -0.825. The Hall–Kier alpha value is -1.55. The molecule has 0 aliphatic heterocycles. The first-order chi connectivity index (χ1) is 9.49. The van der Waals surface area contributed by atoms with Crippen molar-refractivity contribution in [3.8, 4) is 0 Å². The molecule has 5 heteroatoms. The van der Waals surface area contributed by atoms with Gasteiger partial charge < -0.3 is 10.0 Å². The Morgan fingerprint density at radius 2 is 2.20 bits per heavy atom. The Kier molecular flexibility index (Phi) is 4.65. The molecule has 2 atom stereocenters. The van der Waals surface area contributed by atoms with Gasteiger partial charge in [0.2, 0.25) is 5.91 Å². The van der Waals surface area contributed by atoms with Crippen LogP contribution in [0.15, 0.2) is 24.3 Å². The van der Waals surface area contributed by atoms with Gasteiger partial charge >= 0.3 is 5.97 Å². The van der Waals surface area contributed by atoms with Crippen molar-refractivity contribution in [3.05, 3.63) is 34.9 Å². The summed E-state index contributed by atoms with van der Waals surface area (Å²) in [7, 11) is 1.73. The molecular weight excluding hydrogens is 278 g/mol. The standard InChI is InChI=1S/C15H18ClNO3/c1-17(7-3-6-14(18)19)15(20)13-9-12(13)10-4-2-5-11(16)8-10/h2,4-5,8,12-13H,3,6-7,9H2,1H3,(H,18,19). The second-order valence-corrected chi connectivity index (χ2v) is 5.70. The average Bonchev–Trinajstić information content (AvgIpc) is 3.17. The fourth-order valence-electron chi connectivity index (χ4n) is 2.43. The van der Waals surface area contributed by atoms with E-state index in [0.29, 0.717) is 18.0 Å². The number of carboxylic acid groups (broad SMARTS) is 1. The number of benzene rings is 1. The highest BCUT2D eigenvalue weighted by Crippen LogP contribution is 2.48. The average molecular weight is 296 g/mol. The van der Waals surface area contributed by atoms with E-state index in [1.165, 1.54) is 0 Å². The lowest BCUT2D eigenvalue weighted by Crippen LogP contribution is -2.29. The monoisotopic (exact) mass is 295 g/mol. The summed E-state index contributed by atoms with van der Waals surface area (Å²) >= 11 is 5.95. The predicted octanol–water partition coefficient (Wildman–Crippen LogP) is 2.77. The number of carbonyl (C=O) groups is 2. The maximum Gasteiger partial charge on any atom is 0.303 e. The van der Waals surface area contributed by atoms with Crippen molar-refractivity contribution in [2.45, 2.75) is 25.2 Å². The van der Waals surface area contributed by atoms with E-state index >= 15 is 0 Å². The number of hydrogen-bond acceptors (Lipinski definition) is 2. The molecule has 1 saturated carbocycles. The van der Waals surface area contributed by atoms with E-state index in [1.807, 2.05) is 24.3 Å². The number of rotatable bonds is 6.